The van der Waals surface area contributed by atoms with Gasteiger partial charge in [0.1, 0.15) is 0 Å². The lowest BCUT2D eigenvalue weighted by molar-refractivity contribution is -0.534. The third-order valence-corrected chi connectivity index (χ3v) is 7.73. The highest BCUT2D eigenvalue weighted by atomic mass is 16.6. The maximum atomic E-state index is 11.9. The van der Waals surface area contributed by atoms with Crippen molar-refractivity contribution < 1.29 is 23.9 Å². The van der Waals surface area contributed by atoms with Crippen LogP contribution in [0.2, 0.25) is 0 Å². The average molecular weight is 274 g/mol. The van der Waals surface area contributed by atoms with E-state index in [0.717, 1.165) is 0 Å². The third-order valence-electron chi connectivity index (χ3n) is 7.73. The van der Waals surface area contributed by atoms with Gasteiger partial charge in [-0.05, 0) is 41.4 Å². The summed E-state index contributed by atoms with van der Waals surface area (Å²) in [5.74, 6) is 2.50. The Labute approximate surface area is 115 Å². The van der Waals surface area contributed by atoms with E-state index >= 15 is 0 Å². The molecule has 7 aliphatic rings. The Morgan fingerprint density at radius 3 is 2.20 bits per heavy atom. The molecule has 1 heterocycles. The van der Waals surface area contributed by atoms with Gasteiger partial charge in [-0.25, -0.2) is 0 Å². The van der Waals surface area contributed by atoms with Crippen molar-refractivity contribution in [3.05, 3.63) is 0 Å². The molecular formula is C15H14O5. The molecule has 0 radical (unpaired) electrons. The van der Waals surface area contributed by atoms with Gasteiger partial charge in [-0.15, -0.1) is 0 Å². The molecule has 2 bridgehead atoms. The highest BCUT2D eigenvalue weighted by Crippen LogP contribution is 2.98. The van der Waals surface area contributed by atoms with Gasteiger partial charge in [0.15, 0.2) is 0 Å². The lowest BCUT2D eigenvalue weighted by Gasteiger charge is -2.98. The molecule has 0 spiro atoms. The second-order valence-electron chi connectivity index (χ2n) is 7.57. The molecule has 20 heavy (non-hydrogen) atoms. The fourth-order valence-electron chi connectivity index (χ4n) is 7.73. The Morgan fingerprint density at radius 2 is 1.60 bits per heavy atom. The number of cyclic esters (lactones) is 2. The molecule has 1 aliphatic heterocycles. The molecule has 6 aliphatic carbocycles. The summed E-state index contributed by atoms with van der Waals surface area (Å²) in [6, 6.07) is 0. The zero-order chi connectivity index (χ0) is 13.5. The fraction of sp³-hybridized carbons (Fsp3) is 0.800. The lowest BCUT2D eigenvalue weighted by atomic mass is 9.04. The minimum Gasteiger partial charge on any atom is -0.465 e. The highest BCUT2D eigenvalue weighted by molar-refractivity contribution is 5.98. The molecule has 104 valence electrons. The van der Waals surface area contributed by atoms with Gasteiger partial charge in [0.2, 0.25) is 0 Å². The van der Waals surface area contributed by atoms with E-state index in [1.165, 1.54) is 6.92 Å². The molecule has 10 atom stereocenters. The summed E-state index contributed by atoms with van der Waals surface area (Å²) in [7, 11) is 0. The van der Waals surface area contributed by atoms with Crippen LogP contribution >= 0.6 is 0 Å². The number of hydrogen-bond acceptors (Lipinski definition) is 5. The fourth-order valence-corrected chi connectivity index (χ4v) is 7.73. The maximum Gasteiger partial charge on any atom is 0.317 e. The first-order valence-corrected chi connectivity index (χ1v) is 7.48. The molecule has 0 aromatic rings. The van der Waals surface area contributed by atoms with E-state index in [2.05, 4.69) is 0 Å². The second kappa shape index (κ2) is 2.55. The van der Waals surface area contributed by atoms with Crippen LogP contribution in [-0.4, -0.2) is 24.5 Å². The van der Waals surface area contributed by atoms with Gasteiger partial charge in [-0.3, -0.25) is 14.4 Å². The number of ether oxygens (including phenoxy) is 2. The zero-order valence-electron chi connectivity index (χ0n) is 10.9. The lowest BCUT2D eigenvalue weighted by Crippen LogP contribution is -2.98. The number of carbonyl (C=O) groups is 3. The SMILES string of the molecule is CC(=O)OCC12C3[C@H]4C5[C@H]3[C@@H]1C([C@H]1C(=O)OC(=O)[C@H]51)[C@H]42. The second-order valence-corrected chi connectivity index (χ2v) is 7.57. The molecule has 5 nitrogen and oxygen atoms in total. The van der Waals surface area contributed by atoms with Crippen molar-refractivity contribution in [1.82, 2.24) is 0 Å². The van der Waals surface area contributed by atoms with Crippen molar-refractivity contribution in [2.75, 3.05) is 6.61 Å². The summed E-state index contributed by atoms with van der Waals surface area (Å²) in [6.07, 6.45) is 0. The summed E-state index contributed by atoms with van der Waals surface area (Å²) in [5.41, 5.74) is 0.180. The third kappa shape index (κ3) is 0.655. The number of hydrogen-bond donors (Lipinski definition) is 0. The Morgan fingerprint density at radius 1 is 1.05 bits per heavy atom. The maximum absolute atomic E-state index is 11.9. The summed E-state index contributed by atoms with van der Waals surface area (Å²) in [6.45, 7) is 1.98. The summed E-state index contributed by atoms with van der Waals surface area (Å²) < 4.78 is 10.2. The van der Waals surface area contributed by atoms with E-state index in [0.29, 0.717) is 48.0 Å². The standard InChI is InChI=1S/C15H14O5/c1-3(16)19-2-15-10-7-4-5-6(14(18)20-13(5)17)9(11(7)15)12(15)8(4)10/h4-12H,2H2,1H3/t4?,5-,6+,7-,8-,9?,10?,11-,12+,15?/m1/s1. The van der Waals surface area contributed by atoms with E-state index in [1.807, 2.05) is 0 Å². The van der Waals surface area contributed by atoms with Crippen molar-refractivity contribution in [2.45, 2.75) is 6.92 Å². The minimum absolute atomic E-state index is 0.140. The van der Waals surface area contributed by atoms with Gasteiger partial charge >= 0.3 is 17.9 Å². The van der Waals surface area contributed by atoms with E-state index in [1.54, 1.807) is 0 Å². The smallest absolute Gasteiger partial charge is 0.317 e. The Hall–Kier alpha value is -1.39. The zero-order valence-corrected chi connectivity index (χ0v) is 10.9. The average Bonchev–Trinajstić information content (AvgIpc) is 2.64. The molecule has 0 aromatic heterocycles. The normalized spacial score (nSPS) is 65.0. The topological polar surface area (TPSA) is 69.7 Å². The molecule has 7 rings (SSSR count). The highest BCUT2D eigenvalue weighted by Gasteiger charge is 2.99. The molecule has 5 heteroatoms. The summed E-state index contributed by atoms with van der Waals surface area (Å²) in [5, 5.41) is 0. The van der Waals surface area contributed by atoms with Crippen LogP contribution in [0.3, 0.4) is 0 Å². The summed E-state index contributed by atoms with van der Waals surface area (Å²) in [4.78, 5) is 34.9. The van der Waals surface area contributed by atoms with Gasteiger partial charge in [0.05, 0.1) is 18.4 Å². The number of esters is 3. The molecule has 7 fully saturated rings. The molecule has 0 amide bonds. The molecule has 6 saturated carbocycles. The van der Waals surface area contributed by atoms with Gasteiger partial charge in [0, 0.05) is 12.3 Å². The predicted molar refractivity (Wildman–Crippen MR) is 61.6 cm³/mol. The number of rotatable bonds is 2. The van der Waals surface area contributed by atoms with Crippen LogP contribution in [0.4, 0.5) is 0 Å². The van der Waals surface area contributed by atoms with Crippen molar-refractivity contribution in [3.63, 3.8) is 0 Å². The van der Waals surface area contributed by atoms with Crippen molar-refractivity contribution in [1.29, 1.82) is 0 Å². The first-order chi connectivity index (χ1) is 9.59. The molecule has 4 unspecified atom stereocenters. The van der Waals surface area contributed by atoms with Crippen molar-refractivity contribution in [2.24, 2.45) is 58.7 Å². The minimum atomic E-state index is -0.289. The first-order valence-electron chi connectivity index (χ1n) is 7.48. The Balaban J connectivity index is 1.38. The van der Waals surface area contributed by atoms with Crippen molar-refractivity contribution >= 4 is 17.9 Å². The van der Waals surface area contributed by atoms with E-state index in [9.17, 15) is 14.4 Å². The van der Waals surface area contributed by atoms with Crippen LogP contribution in [0.15, 0.2) is 0 Å². The van der Waals surface area contributed by atoms with E-state index in [-0.39, 0.29) is 35.2 Å². The van der Waals surface area contributed by atoms with Crippen LogP contribution in [-0.2, 0) is 23.9 Å². The van der Waals surface area contributed by atoms with Crippen LogP contribution in [0.5, 0.6) is 0 Å². The van der Waals surface area contributed by atoms with Gasteiger partial charge < -0.3 is 9.47 Å². The van der Waals surface area contributed by atoms with Gasteiger partial charge in [-0.2, -0.15) is 0 Å². The van der Waals surface area contributed by atoms with Crippen molar-refractivity contribution in [3.8, 4) is 0 Å². The van der Waals surface area contributed by atoms with Crippen LogP contribution in [0.1, 0.15) is 6.92 Å². The molecule has 0 aromatic carbocycles. The Bertz CT molecular complexity index is 604. The predicted octanol–water partition coefficient (Wildman–Crippen LogP) is 0.233. The van der Waals surface area contributed by atoms with Crippen LogP contribution in [0, 0.1) is 58.7 Å². The largest absolute Gasteiger partial charge is 0.465 e. The summed E-state index contributed by atoms with van der Waals surface area (Å²) >= 11 is 0. The van der Waals surface area contributed by atoms with E-state index in [4.69, 9.17) is 9.47 Å². The van der Waals surface area contributed by atoms with Gasteiger partial charge in [-0.1, -0.05) is 0 Å². The van der Waals surface area contributed by atoms with Crippen LogP contribution in [0.25, 0.3) is 0 Å². The molecule has 1 saturated heterocycles. The number of carbonyl (C=O) groups excluding carboxylic acids is 3. The van der Waals surface area contributed by atoms with Gasteiger partial charge in [0.25, 0.3) is 0 Å². The first kappa shape index (κ1) is 10.4. The molecular weight excluding hydrogens is 260 g/mol. The quantitative estimate of drug-likeness (QED) is 0.532. The Kier molecular flexibility index (Phi) is 1.32. The van der Waals surface area contributed by atoms with Crippen LogP contribution < -0.4 is 0 Å². The van der Waals surface area contributed by atoms with E-state index < -0.39 is 0 Å². The molecule has 0 N–H and O–H groups in total. The monoisotopic (exact) mass is 274 g/mol.